The third-order valence-electron chi connectivity index (χ3n) is 4.54. The van der Waals surface area contributed by atoms with Crippen LogP contribution in [0.5, 0.6) is 11.5 Å². The summed E-state index contributed by atoms with van der Waals surface area (Å²) in [5.41, 5.74) is 0.0456. The molecule has 0 spiro atoms. The molecule has 0 bridgehead atoms. The first-order valence-corrected chi connectivity index (χ1v) is 10.8. The number of amides is 4. The van der Waals surface area contributed by atoms with E-state index in [1.807, 2.05) is 13.8 Å². The van der Waals surface area contributed by atoms with Crippen molar-refractivity contribution in [1.29, 1.82) is 0 Å². The second-order valence-corrected chi connectivity index (χ2v) is 7.69. The zero-order valence-electron chi connectivity index (χ0n) is 17.8. The van der Waals surface area contributed by atoms with Crippen LogP contribution in [-0.4, -0.2) is 36.0 Å². The molecule has 0 atom stereocenters. The minimum Gasteiger partial charge on any atom is -0.490 e. The number of urea groups is 1. The lowest BCUT2D eigenvalue weighted by Gasteiger charge is -2.26. The van der Waals surface area contributed by atoms with E-state index in [0.29, 0.717) is 34.7 Å². The van der Waals surface area contributed by atoms with E-state index < -0.39 is 22.8 Å². The van der Waals surface area contributed by atoms with E-state index >= 15 is 0 Å². The van der Waals surface area contributed by atoms with E-state index in [1.54, 1.807) is 12.1 Å². The Bertz CT molecular complexity index is 1150. The summed E-state index contributed by atoms with van der Waals surface area (Å²) in [7, 11) is 0. The number of carbonyl (C=O) groups is 3. The number of carbonyl (C=O) groups excluding carboxylic acids is 3. The number of halogens is 1. The minimum absolute atomic E-state index is 0.0823. The van der Waals surface area contributed by atoms with Crippen LogP contribution in [0.3, 0.4) is 0 Å². The van der Waals surface area contributed by atoms with Gasteiger partial charge >= 0.3 is 6.03 Å². The second kappa shape index (κ2) is 10.3. The molecule has 4 amide bonds. The van der Waals surface area contributed by atoms with Gasteiger partial charge < -0.3 is 9.47 Å². The maximum Gasteiger partial charge on any atom is 0.335 e. The number of rotatable bonds is 8. The fourth-order valence-corrected chi connectivity index (χ4v) is 3.46. The van der Waals surface area contributed by atoms with Gasteiger partial charge in [-0.15, -0.1) is 0 Å². The van der Waals surface area contributed by atoms with Crippen molar-refractivity contribution in [3.05, 3.63) is 62.1 Å². The first-order chi connectivity index (χ1) is 15.8. The van der Waals surface area contributed by atoms with Gasteiger partial charge in [-0.25, -0.2) is 9.69 Å². The number of anilines is 1. The number of nitro groups is 1. The van der Waals surface area contributed by atoms with Gasteiger partial charge in [0.25, 0.3) is 17.5 Å². The molecule has 1 aliphatic heterocycles. The Labute approximate surface area is 197 Å². The Morgan fingerprint density at radius 3 is 2.36 bits per heavy atom. The van der Waals surface area contributed by atoms with Crippen molar-refractivity contribution in [2.24, 2.45) is 0 Å². The minimum atomic E-state index is -0.951. The van der Waals surface area contributed by atoms with E-state index in [9.17, 15) is 24.5 Å². The third-order valence-corrected chi connectivity index (χ3v) is 5.23. The highest BCUT2D eigenvalue weighted by molar-refractivity contribution is 9.10. The molecule has 10 nitrogen and oxygen atoms in total. The van der Waals surface area contributed by atoms with Crippen molar-refractivity contribution in [2.75, 3.05) is 18.1 Å². The largest absolute Gasteiger partial charge is 0.490 e. The molecule has 1 fully saturated rings. The smallest absolute Gasteiger partial charge is 0.335 e. The third kappa shape index (κ3) is 5.20. The van der Waals surface area contributed by atoms with Crippen molar-refractivity contribution in [1.82, 2.24) is 5.32 Å². The van der Waals surface area contributed by atoms with Gasteiger partial charge in [-0.3, -0.25) is 25.0 Å². The number of hydrogen-bond donors (Lipinski definition) is 1. The molecule has 1 heterocycles. The fourth-order valence-electron chi connectivity index (χ4n) is 3.03. The van der Waals surface area contributed by atoms with Gasteiger partial charge in [0.15, 0.2) is 11.5 Å². The summed E-state index contributed by atoms with van der Waals surface area (Å²) >= 11 is 3.42. The van der Waals surface area contributed by atoms with Gasteiger partial charge in [-0.2, -0.15) is 0 Å². The molecule has 3 rings (SSSR count). The standard InChI is InChI=1S/C22H20BrN3O7/c1-3-9-33-19-12-17(23)13(11-18(19)32-4-2)10-16-20(27)24-22(29)25(21(16)28)14-5-7-15(8-6-14)26(30)31/h5-8,10-12H,3-4,9H2,1-2H3,(H,24,27,29)/b16-10-. The van der Waals surface area contributed by atoms with Crippen LogP contribution >= 0.6 is 15.9 Å². The topological polar surface area (TPSA) is 128 Å². The van der Waals surface area contributed by atoms with E-state index in [0.717, 1.165) is 23.5 Å². The highest BCUT2D eigenvalue weighted by Crippen LogP contribution is 2.35. The molecular formula is C22H20BrN3O7. The predicted octanol–water partition coefficient (Wildman–Crippen LogP) is 4.21. The Kier molecular flexibility index (Phi) is 7.44. The summed E-state index contributed by atoms with van der Waals surface area (Å²) in [5.74, 6) is -0.782. The highest BCUT2D eigenvalue weighted by Gasteiger charge is 2.37. The Hall–Kier alpha value is -3.73. The number of non-ortho nitro benzene ring substituents is 1. The summed E-state index contributed by atoms with van der Waals surface area (Å²) in [5, 5.41) is 13.0. The SMILES string of the molecule is CCCOc1cc(Br)c(/C=C2/C(=O)NC(=O)N(c3ccc([N+](=O)[O-])cc3)C2=O)cc1OCC. The van der Waals surface area contributed by atoms with Gasteiger partial charge in [0.05, 0.1) is 23.8 Å². The van der Waals surface area contributed by atoms with Crippen LogP contribution in [-0.2, 0) is 9.59 Å². The van der Waals surface area contributed by atoms with Crippen LogP contribution in [0, 0.1) is 10.1 Å². The summed E-state index contributed by atoms with van der Waals surface area (Å²) in [6, 6.07) is 7.19. The van der Waals surface area contributed by atoms with Crippen LogP contribution < -0.4 is 19.7 Å². The lowest BCUT2D eigenvalue weighted by Crippen LogP contribution is -2.54. The number of nitrogens with one attached hydrogen (secondary N) is 1. The lowest BCUT2D eigenvalue weighted by atomic mass is 10.1. The maximum atomic E-state index is 13.1. The van der Waals surface area contributed by atoms with Gasteiger partial charge in [0.2, 0.25) is 0 Å². The number of imide groups is 2. The van der Waals surface area contributed by atoms with Crippen molar-refractivity contribution in [3.8, 4) is 11.5 Å². The normalized spacial score (nSPS) is 14.9. The van der Waals surface area contributed by atoms with E-state index in [2.05, 4.69) is 21.2 Å². The molecule has 0 aliphatic carbocycles. The van der Waals surface area contributed by atoms with E-state index in [1.165, 1.54) is 18.2 Å². The van der Waals surface area contributed by atoms with Crippen LogP contribution in [0.25, 0.3) is 6.08 Å². The number of benzene rings is 2. The average Bonchev–Trinajstić information content (AvgIpc) is 2.77. The summed E-state index contributed by atoms with van der Waals surface area (Å²) in [6.45, 7) is 4.65. The monoisotopic (exact) mass is 517 g/mol. The van der Waals surface area contributed by atoms with Crippen molar-refractivity contribution < 1.29 is 28.8 Å². The van der Waals surface area contributed by atoms with Crippen molar-refractivity contribution >= 4 is 51.2 Å². The summed E-state index contributed by atoms with van der Waals surface area (Å²) in [6.07, 6.45) is 2.13. The van der Waals surface area contributed by atoms with Gasteiger partial charge in [-0.05, 0) is 49.2 Å². The molecule has 0 aromatic heterocycles. The average molecular weight is 518 g/mol. The molecule has 0 saturated carbocycles. The molecule has 11 heteroatoms. The first kappa shape index (κ1) is 23.9. The molecule has 33 heavy (non-hydrogen) atoms. The molecule has 1 aliphatic rings. The number of nitro benzene ring substituents is 1. The molecule has 2 aromatic rings. The fraction of sp³-hybridized carbons (Fsp3) is 0.227. The van der Waals surface area contributed by atoms with Gasteiger partial charge in [0, 0.05) is 16.6 Å². The van der Waals surface area contributed by atoms with Crippen LogP contribution in [0.2, 0.25) is 0 Å². The number of nitrogens with zero attached hydrogens (tertiary/aromatic N) is 2. The van der Waals surface area contributed by atoms with E-state index in [4.69, 9.17) is 9.47 Å². The lowest BCUT2D eigenvalue weighted by molar-refractivity contribution is -0.384. The molecule has 172 valence electrons. The number of hydrogen-bond acceptors (Lipinski definition) is 7. The van der Waals surface area contributed by atoms with Crippen molar-refractivity contribution in [3.63, 3.8) is 0 Å². The van der Waals surface area contributed by atoms with E-state index in [-0.39, 0.29) is 16.9 Å². The molecule has 2 aromatic carbocycles. The molecule has 0 radical (unpaired) electrons. The Balaban J connectivity index is 2.00. The van der Waals surface area contributed by atoms with Crippen LogP contribution in [0.4, 0.5) is 16.2 Å². The van der Waals surface area contributed by atoms with Crippen molar-refractivity contribution in [2.45, 2.75) is 20.3 Å². The zero-order chi connectivity index (χ0) is 24.1. The van der Waals surface area contributed by atoms with Gasteiger partial charge in [0.1, 0.15) is 5.57 Å². The van der Waals surface area contributed by atoms with Crippen LogP contribution in [0.15, 0.2) is 46.4 Å². The zero-order valence-corrected chi connectivity index (χ0v) is 19.4. The summed E-state index contributed by atoms with van der Waals surface area (Å²) < 4.78 is 11.9. The highest BCUT2D eigenvalue weighted by atomic mass is 79.9. The first-order valence-electron chi connectivity index (χ1n) is 10.0. The van der Waals surface area contributed by atoms with Gasteiger partial charge in [-0.1, -0.05) is 22.9 Å². The maximum absolute atomic E-state index is 13.1. The Morgan fingerprint density at radius 2 is 1.76 bits per heavy atom. The Morgan fingerprint density at radius 1 is 1.09 bits per heavy atom. The molecule has 0 unspecified atom stereocenters. The predicted molar refractivity (Wildman–Crippen MR) is 123 cm³/mol. The van der Waals surface area contributed by atoms with Crippen LogP contribution in [0.1, 0.15) is 25.8 Å². The molecular weight excluding hydrogens is 498 g/mol. The quantitative estimate of drug-likeness (QED) is 0.240. The number of barbiturate groups is 1. The second-order valence-electron chi connectivity index (χ2n) is 6.83. The summed E-state index contributed by atoms with van der Waals surface area (Å²) in [4.78, 5) is 48.9. The number of ether oxygens (including phenoxy) is 2. The molecule has 1 N–H and O–H groups in total. The molecule has 1 saturated heterocycles.